The Kier molecular flexibility index (Phi) is 2.61. The van der Waals surface area contributed by atoms with Gasteiger partial charge in [-0.15, -0.1) is 0 Å². The number of benzene rings is 2. The third-order valence-electron chi connectivity index (χ3n) is 4.42. The molecule has 1 atom stereocenters. The molecular weight excluding hydrogens is 262 g/mol. The Balaban J connectivity index is 1.70. The highest BCUT2D eigenvalue weighted by atomic mass is 16.4. The van der Waals surface area contributed by atoms with Crippen molar-refractivity contribution in [1.82, 2.24) is 4.57 Å². The van der Waals surface area contributed by atoms with Gasteiger partial charge >= 0.3 is 5.97 Å². The number of carboxylic acid groups (broad SMARTS) is 1. The summed E-state index contributed by atoms with van der Waals surface area (Å²) in [6.45, 7) is 0.906. The van der Waals surface area contributed by atoms with E-state index in [1.807, 2.05) is 24.4 Å². The maximum Gasteiger partial charge on any atom is 0.336 e. The van der Waals surface area contributed by atoms with Crippen LogP contribution in [-0.4, -0.2) is 15.6 Å². The van der Waals surface area contributed by atoms with Gasteiger partial charge in [-0.2, -0.15) is 0 Å². The molecule has 0 fully saturated rings. The molecule has 0 amide bonds. The highest BCUT2D eigenvalue weighted by molar-refractivity contribution is 6.02. The zero-order valence-corrected chi connectivity index (χ0v) is 11.5. The Labute approximate surface area is 122 Å². The number of rotatable bonds is 3. The second kappa shape index (κ2) is 4.48. The lowest BCUT2D eigenvalue weighted by Crippen LogP contribution is -2.21. The molecule has 1 N–H and O–H groups in total. The summed E-state index contributed by atoms with van der Waals surface area (Å²) in [5.41, 5.74) is 4.23. The summed E-state index contributed by atoms with van der Waals surface area (Å²) in [7, 11) is 0. The van der Waals surface area contributed by atoms with Crippen molar-refractivity contribution in [1.29, 1.82) is 0 Å². The van der Waals surface area contributed by atoms with Crippen molar-refractivity contribution in [3.63, 3.8) is 0 Å². The van der Waals surface area contributed by atoms with Gasteiger partial charge in [0.25, 0.3) is 0 Å². The molecule has 1 heterocycles. The van der Waals surface area contributed by atoms with Gasteiger partial charge in [-0.1, -0.05) is 30.3 Å². The van der Waals surface area contributed by atoms with Gasteiger partial charge in [-0.25, -0.2) is 4.79 Å². The lowest BCUT2D eigenvalue weighted by molar-refractivity contribution is 0.0699. The van der Waals surface area contributed by atoms with Crippen molar-refractivity contribution in [3.8, 4) is 0 Å². The number of hydrogen-bond acceptors (Lipinski definition) is 1. The van der Waals surface area contributed by atoms with Crippen LogP contribution >= 0.6 is 0 Å². The number of carbonyl (C=O) groups is 1. The van der Waals surface area contributed by atoms with E-state index >= 15 is 0 Å². The number of aromatic nitrogens is 1. The fraction of sp³-hybridized carbons (Fsp3) is 0.167. The lowest BCUT2D eigenvalue weighted by Gasteiger charge is -2.30. The summed E-state index contributed by atoms with van der Waals surface area (Å²) >= 11 is 0. The first-order chi connectivity index (χ1) is 10.2. The van der Waals surface area contributed by atoms with Crippen LogP contribution in [0.5, 0.6) is 0 Å². The smallest absolute Gasteiger partial charge is 0.336 e. The normalized spacial score (nSPS) is 16.5. The summed E-state index contributed by atoms with van der Waals surface area (Å²) in [4.78, 5) is 11.3. The number of aromatic carboxylic acids is 1. The van der Waals surface area contributed by atoms with Gasteiger partial charge in [-0.05, 0) is 35.7 Å². The fourth-order valence-corrected chi connectivity index (χ4v) is 3.33. The van der Waals surface area contributed by atoms with Crippen molar-refractivity contribution < 1.29 is 9.90 Å². The molecule has 4 rings (SSSR count). The maximum atomic E-state index is 11.3. The van der Waals surface area contributed by atoms with E-state index in [0.717, 1.165) is 23.9 Å². The van der Waals surface area contributed by atoms with Gasteiger partial charge in [0.1, 0.15) is 0 Å². The van der Waals surface area contributed by atoms with Crippen molar-refractivity contribution in [2.45, 2.75) is 18.9 Å². The molecule has 0 saturated heterocycles. The average molecular weight is 277 g/mol. The van der Waals surface area contributed by atoms with Gasteiger partial charge in [0.2, 0.25) is 0 Å². The van der Waals surface area contributed by atoms with Crippen LogP contribution in [0.25, 0.3) is 10.9 Å². The molecule has 3 heteroatoms. The molecule has 0 radical (unpaired) electrons. The summed E-state index contributed by atoms with van der Waals surface area (Å²) in [5.74, 6) is -0.336. The maximum absolute atomic E-state index is 11.3. The Hall–Kier alpha value is -2.55. The first-order valence-electron chi connectivity index (χ1n) is 7.13. The minimum atomic E-state index is -0.868. The number of hydrogen-bond donors (Lipinski definition) is 1. The molecule has 0 saturated carbocycles. The van der Waals surface area contributed by atoms with Crippen LogP contribution < -0.4 is 0 Å². The third kappa shape index (κ3) is 1.85. The molecule has 2 aromatic carbocycles. The lowest BCUT2D eigenvalue weighted by atomic mass is 9.77. The van der Waals surface area contributed by atoms with Gasteiger partial charge < -0.3 is 9.67 Å². The number of nitrogens with zero attached hydrogens (tertiary/aromatic N) is 1. The molecule has 1 unspecified atom stereocenters. The quantitative estimate of drug-likeness (QED) is 0.793. The molecule has 0 bridgehead atoms. The predicted molar refractivity (Wildman–Crippen MR) is 81.8 cm³/mol. The minimum absolute atomic E-state index is 0.375. The molecule has 104 valence electrons. The molecule has 0 aliphatic heterocycles. The average Bonchev–Trinajstić information content (AvgIpc) is 2.87. The van der Waals surface area contributed by atoms with E-state index in [4.69, 9.17) is 0 Å². The SMILES string of the molecule is O=C(O)c1cccc2c1ccn2CC1Cc2ccccc21. The fourth-order valence-electron chi connectivity index (χ4n) is 3.33. The Morgan fingerprint density at radius 3 is 2.81 bits per heavy atom. The predicted octanol–water partition coefficient (Wildman–Crippen LogP) is 3.68. The Bertz CT molecular complexity index is 847. The first kappa shape index (κ1) is 12.2. The van der Waals surface area contributed by atoms with Crippen molar-refractivity contribution in [2.24, 2.45) is 0 Å². The van der Waals surface area contributed by atoms with E-state index in [9.17, 15) is 9.90 Å². The minimum Gasteiger partial charge on any atom is -0.478 e. The van der Waals surface area contributed by atoms with Crippen LogP contribution in [0.15, 0.2) is 54.7 Å². The van der Waals surface area contributed by atoms with Gasteiger partial charge in [0, 0.05) is 29.6 Å². The summed E-state index contributed by atoms with van der Waals surface area (Å²) < 4.78 is 2.17. The molecule has 21 heavy (non-hydrogen) atoms. The topological polar surface area (TPSA) is 42.2 Å². The van der Waals surface area contributed by atoms with Crippen LogP contribution in [0.1, 0.15) is 27.4 Å². The van der Waals surface area contributed by atoms with Crippen molar-refractivity contribution in [2.75, 3.05) is 0 Å². The van der Waals surface area contributed by atoms with Crippen LogP contribution in [0.2, 0.25) is 0 Å². The van der Waals surface area contributed by atoms with Gasteiger partial charge in [0.15, 0.2) is 0 Å². The molecular formula is C18H15NO2. The standard InChI is InChI=1S/C18H15NO2/c20-18(21)16-6-3-7-17-15(16)8-9-19(17)11-13-10-12-4-1-2-5-14(12)13/h1-9,13H,10-11H2,(H,20,21). The van der Waals surface area contributed by atoms with E-state index in [0.29, 0.717) is 11.5 Å². The van der Waals surface area contributed by atoms with E-state index < -0.39 is 5.97 Å². The Morgan fingerprint density at radius 1 is 1.14 bits per heavy atom. The monoisotopic (exact) mass is 277 g/mol. The second-order valence-corrected chi connectivity index (χ2v) is 5.61. The largest absolute Gasteiger partial charge is 0.478 e. The second-order valence-electron chi connectivity index (χ2n) is 5.61. The zero-order valence-electron chi connectivity index (χ0n) is 11.5. The Morgan fingerprint density at radius 2 is 2.00 bits per heavy atom. The third-order valence-corrected chi connectivity index (χ3v) is 4.42. The molecule has 0 spiro atoms. The highest BCUT2D eigenvalue weighted by Crippen LogP contribution is 2.36. The first-order valence-corrected chi connectivity index (χ1v) is 7.13. The molecule has 1 aliphatic rings. The summed E-state index contributed by atoms with van der Waals surface area (Å²) in [5, 5.41) is 10.1. The van der Waals surface area contributed by atoms with Crippen LogP contribution in [0.4, 0.5) is 0 Å². The van der Waals surface area contributed by atoms with Crippen molar-refractivity contribution in [3.05, 3.63) is 71.4 Å². The molecule has 1 aromatic heterocycles. The summed E-state index contributed by atoms with van der Waals surface area (Å²) in [6.07, 6.45) is 3.10. The number of carboxylic acids is 1. The van der Waals surface area contributed by atoms with Crippen LogP contribution in [0.3, 0.4) is 0 Å². The van der Waals surface area contributed by atoms with Gasteiger partial charge in [0.05, 0.1) is 5.56 Å². The van der Waals surface area contributed by atoms with Crippen molar-refractivity contribution >= 4 is 16.9 Å². The molecule has 3 nitrogen and oxygen atoms in total. The molecule has 3 aromatic rings. The zero-order chi connectivity index (χ0) is 14.4. The van der Waals surface area contributed by atoms with E-state index in [1.165, 1.54) is 11.1 Å². The van der Waals surface area contributed by atoms with E-state index in [1.54, 1.807) is 6.07 Å². The summed E-state index contributed by atoms with van der Waals surface area (Å²) in [6, 6.07) is 15.9. The van der Waals surface area contributed by atoms with Crippen LogP contribution in [-0.2, 0) is 13.0 Å². The van der Waals surface area contributed by atoms with E-state index in [2.05, 4.69) is 28.8 Å². The molecule has 1 aliphatic carbocycles. The van der Waals surface area contributed by atoms with Crippen LogP contribution in [0, 0.1) is 0 Å². The van der Waals surface area contributed by atoms with E-state index in [-0.39, 0.29) is 0 Å². The number of fused-ring (bicyclic) bond motifs is 2. The highest BCUT2D eigenvalue weighted by Gasteiger charge is 2.26. The van der Waals surface area contributed by atoms with Gasteiger partial charge in [-0.3, -0.25) is 0 Å².